The molecule has 0 saturated heterocycles. The lowest BCUT2D eigenvalue weighted by atomic mass is 10.1. The second kappa shape index (κ2) is 7.39. The third-order valence-corrected chi connectivity index (χ3v) is 4.43. The first kappa shape index (κ1) is 17.2. The predicted octanol–water partition coefficient (Wildman–Crippen LogP) is 3.00. The van der Waals surface area contributed by atoms with Crippen molar-refractivity contribution in [3.63, 3.8) is 0 Å². The van der Waals surface area contributed by atoms with Crippen molar-refractivity contribution in [2.45, 2.75) is 24.8 Å². The Bertz CT molecular complexity index is 751. The van der Waals surface area contributed by atoms with Gasteiger partial charge in [0.15, 0.2) is 6.10 Å². The van der Waals surface area contributed by atoms with Gasteiger partial charge in [0.2, 0.25) is 0 Å². The van der Waals surface area contributed by atoms with E-state index in [0.717, 1.165) is 5.56 Å². The number of rotatable bonds is 6. The molecule has 5 nitrogen and oxygen atoms in total. The normalized spacial score (nSPS) is 12.6. The molecule has 0 N–H and O–H groups in total. The minimum Gasteiger partial charge on any atom is -0.464 e. The van der Waals surface area contributed by atoms with Crippen molar-refractivity contribution in [3.8, 4) is 0 Å². The second-order valence-electron chi connectivity index (χ2n) is 4.91. The van der Waals surface area contributed by atoms with Gasteiger partial charge in [-0.15, -0.1) is 0 Å². The van der Waals surface area contributed by atoms with Crippen LogP contribution in [0.3, 0.4) is 0 Å². The number of carbonyl (C=O) groups excluding carboxylic acids is 1. The van der Waals surface area contributed by atoms with Crippen molar-refractivity contribution in [1.82, 2.24) is 0 Å². The van der Waals surface area contributed by atoms with E-state index in [1.54, 1.807) is 49.4 Å². The van der Waals surface area contributed by atoms with Gasteiger partial charge in [0, 0.05) is 0 Å². The van der Waals surface area contributed by atoms with Crippen LogP contribution in [-0.2, 0) is 23.8 Å². The second-order valence-corrected chi connectivity index (χ2v) is 6.48. The van der Waals surface area contributed by atoms with Crippen molar-refractivity contribution in [2.24, 2.45) is 0 Å². The molecule has 2 aromatic rings. The summed E-state index contributed by atoms with van der Waals surface area (Å²) < 4.78 is 34.9. The Morgan fingerprint density at radius 1 is 1.04 bits per heavy atom. The number of hydrogen-bond acceptors (Lipinski definition) is 5. The first-order valence-corrected chi connectivity index (χ1v) is 8.56. The number of carbonyl (C=O) groups is 1. The highest BCUT2D eigenvalue weighted by Crippen LogP contribution is 2.25. The predicted molar refractivity (Wildman–Crippen MR) is 85.3 cm³/mol. The average Bonchev–Trinajstić information content (AvgIpc) is 2.54. The maximum atomic E-state index is 12.4. The molecule has 0 radical (unpaired) electrons. The molecule has 0 aliphatic heterocycles. The fraction of sp³-hybridized carbons (Fsp3) is 0.235. The SMILES string of the molecule is CCOC(=O)[C@H](OS(=O)(=O)c1ccc(C)cc1)c1ccccc1. The van der Waals surface area contributed by atoms with Crippen LogP contribution in [0, 0.1) is 6.92 Å². The van der Waals surface area contributed by atoms with Crippen LogP contribution < -0.4 is 0 Å². The van der Waals surface area contributed by atoms with Gasteiger partial charge in [-0.3, -0.25) is 0 Å². The zero-order chi connectivity index (χ0) is 16.9. The Balaban J connectivity index is 2.33. The molecule has 0 unspecified atom stereocenters. The molecule has 1 atom stereocenters. The van der Waals surface area contributed by atoms with Crippen molar-refractivity contribution in [2.75, 3.05) is 6.61 Å². The lowest BCUT2D eigenvalue weighted by molar-refractivity contribution is -0.151. The van der Waals surface area contributed by atoms with Crippen LogP contribution in [0.2, 0.25) is 0 Å². The van der Waals surface area contributed by atoms with Crippen molar-refractivity contribution in [3.05, 3.63) is 65.7 Å². The summed E-state index contributed by atoms with van der Waals surface area (Å²) in [6, 6.07) is 14.6. The van der Waals surface area contributed by atoms with Gasteiger partial charge < -0.3 is 4.74 Å². The highest BCUT2D eigenvalue weighted by Gasteiger charge is 2.30. The van der Waals surface area contributed by atoms with Gasteiger partial charge in [0.1, 0.15) is 0 Å². The maximum absolute atomic E-state index is 12.4. The molecule has 23 heavy (non-hydrogen) atoms. The van der Waals surface area contributed by atoms with Gasteiger partial charge in [-0.2, -0.15) is 8.42 Å². The van der Waals surface area contributed by atoms with Gasteiger partial charge >= 0.3 is 5.97 Å². The first-order valence-electron chi connectivity index (χ1n) is 7.15. The summed E-state index contributed by atoms with van der Waals surface area (Å²) in [5.41, 5.74) is 1.34. The molecule has 2 aromatic carbocycles. The van der Waals surface area contributed by atoms with Crippen LogP contribution in [0.1, 0.15) is 24.2 Å². The van der Waals surface area contributed by atoms with E-state index in [1.807, 2.05) is 6.92 Å². The molecular formula is C17H18O5S. The Morgan fingerprint density at radius 3 is 2.22 bits per heavy atom. The van der Waals surface area contributed by atoms with Crippen LogP contribution in [-0.4, -0.2) is 21.0 Å². The zero-order valence-electron chi connectivity index (χ0n) is 12.9. The smallest absolute Gasteiger partial charge is 0.341 e. The Morgan fingerprint density at radius 2 is 1.65 bits per heavy atom. The largest absolute Gasteiger partial charge is 0.464 e. The molecule has 0 bridgehead atoms. The fourth-order valence-electron chi connectivity index (χ4n) is 1.96. The third kappa shape index (κ3) is 4.40. The molecule has 0 aromatic heterocycles. The van der Waals surface area contributed by atoms with Crippen molar-refractivity contribution < 1.29 is 22.1 Å². The summed E-state index contributed by atoms with van der Waals surface area (Å²) in [6.45, 7) is 3.63. The number of aryl methyl sites for hydroxylation is 1. The quantitative estimate of drug-likeness (QED) is 0.600. The Labute approximate surface area is 136 Å². The van der Waals surface area contributed by atoms with Crippen LogP contribution in [0.5, 0.6) is 0 Å². The van der Waals surface area contributed by atoms with Gasteiger partial charge in [-0.25, -0.2) is 8.98 Å². The molecule has 122 valence electrons. The lowest BCUT2D eigenvalue weighted by Gasteiger charge is -2.16. The summed E-state index contributed by atoms with van der Waals surface area (Å²) in [5, 5.41) is 0. The fourth-order valence-corrected chi connectivity index (χ4v) is 2.99. The average molecular weight is 334 g/mol. The Kier molecular flexibility index (Phi) is 5.52. The molecule has 0 heterocycles. The van der Waals surface area contributed by atoms with E-state index in [0.29, 0.717) is 5.56 Å². The Hall–Kier alpha value is -2.18. The van der Waals surface area contributed by atoms with Crippen molar-refractivity contribution >= 4 is 16.1 Å². The number of esters is 1. The maximum Gasteiger partial charge on any atom is 0.341 e. The number of hydrogen-bond donors (Lipinski definition) is 0. The molecule has 0 spiro atoms. The summed E-state index contributed by atoms with van der Waals surface area (Å²) in [6.07, 6.45) is -1.33. The summed E-state index contributed by atoms with van der Waals surface area (Å²) in [4.78, 5) is 12.1. The van der Waals surface area contributed by atoms with E-state index in [9.17, 15) is 13.2 Å². The van der Waals surface area contributed by atoms with E-state index in [-0.39, 0.29) is 11.5 Å². The molecule has 0 aliphatic rings. The molecule has 0 saturated carbocycles. The van der Waals surface area contributed by atoms with E-state index < -0.39 is 22.2 Å². The van der Waals surface area contributed by atoms with Crippen LogP contribution in [0.25, 0.3) is 0 Å². The van der Waals surface area contributed by atoms with Gasteiger partial charge in [-0.05, 0) is 31.5 Å². The number of benzene rings is 2. The summed E-state index contributed by atoms with van der Waals surface area (Å²) in [7, 11) is -4.09. The van der Waals surface area contributed by atoms with Gasteiger partial charge in [0.05, 0.1) is 11.5 Å². The zero-order valence-corrected chi connectivity index (χ0v) is 13.7. The highest BCUT2D eigenvalue weighted by molar-refractivity contribution is 7.86. The minimum atomic E-state index is -4.09. The highest BCUT2D eigenvalue weighted by atomic mass is 32.2. The molecular weight excluding hydrogens is 316 g/mol. The third-order valence-electron chi connectivity index (χ3n) is 3.14. The lowest BCUT2D eigenvalue weighted by Crippen LogP contribution is -2.22. The molecule has 0 fully saturated rings. The molecule has 0 amide bonds. The summed E-state index contributed by atoms with van der Waals surface area (Å²) >= 11 is 0. The summed E-state index contributed by atoms with van der Waals surface area (Å²) in [5.74, 6) is -0.741. The van der Waals surface area contributed by atoms with Crippen LogP contribution in [0.15, 0.2) is 59.5 Å². The van der Waals surface area contributed by atoms with E-state index in [1.165, 1.54) is 12.1 Å². The molecule has 2 rings (SSSR count). The first-order chi connectivity index (χ1) is 10.9. The van der Waals surface area contributed by atoms with Crippen molar-refractivity contribution in [1.29, 1.82) is 0 Å². The van der Waals surface area contributed by atoms with E-state index >= 15 is 0 Å². The van der Waals surface area contributed by atoms with Crippen LogP contribution in [0.4, 0.5) is 0 Å². The number of ether oxygens (including phenoxy) is 1. The van der Waals surface area contributed by atoms with E-state index in [4.69, 9.17) is 8.92 Å². The molecule has 6 heteroatoms. The monoisotopic (exact) mass is 334 g/mol. The minimum absolute atomic E-state index is 0.00618. The topological polar surface area (TPSA) is 69.7 Å². The van der Waals surface area contributed by atoms with Crippen LogP contribution >= 0.6 is 0 Å². The van der Waals surface area contributed by atoms with Gasteiger partial charge in [0.25, 0.3) is 10.1 Å². The van der Waals surface area contributed by atoms with E-state index in [2.05, 4.69) is 0 Å². The molecule has 0 aliphatic carbocycles. The van der Waals surface area contributed by atoms with Gasteiger partial charge in [-0.1, -0.05) is 48.0 Å². The standard InChI is InChI=1S/C17H18O5S/c1-3-21-17(18)16(14-7-5-4-6-8-14)22-23(19,20)15-11-9-13(2)10-12-15/h4-12,16H,3H2,1-2H3/t16-/m1/s1.